The Balaban J connectivity index is 1.38. The molecule has 0 radical (unpaired) electrons. The molecular formula is C38H27N3O9. The molecule has 0 aliphatic carbocycles. The predicted octanol–water partition coefficient (Wildman–Crippen LogP) is 10.3. The van der Waals surface area contributed by atoms with Crippen molar-refractivity contribution in [1.29, 1.82) is 0 Å². The molecule has 0 heterocycles. The van der Waals surface area contributed by atoms with E-state index in [1.54, 1.807) is 72.8 Å². The minimum atomic E-state index is -0.469. The summed E-state index contributed by atoms with van der Waals surface area (Å²) < 4.78 is 18.3. The van der Waals surface area contributed by atoms with E-state index in [0.29, 0.717) is 51.0 Å². The smallest absolute Gasteiger partial charge is 0.269 e. The first-order valence-corrected chi connectivity index (χ1v) is 15.1. The Morgan fingerprint density at radius 3 is 1.04 bits per heavy atom. The minimum Gasteiger partial charge on any atom is -0.497 e. The third kappa shape index (κ3) is 7.55. The Morgan fingerprint density at radius 2 is 0.700 bits per heavy atom. The molecule has 0 aliphatic rings. The van der Waals surface area contributed by atoms with Crippen molar-refractivity contribution >= 4 is 17.1 Å². The van der Waals surface area contributed by atoms with Crippen LogP contribution in [0.5, 0.6) is 28.7 Å². The predicted molar refractivity (Wildman–Crippen MR) is 187 cm³/mol. The molecule has 0 unspecified atom stereocenters. The van der Waals surface area contributed by atoms with E-state index in [0.717, 1.165) is 16.7 Å². The number of benzene rings is 6. The van der Waals surface area contributed by atoms with Gasteiger partial charge in [0.15, 0.2) is 0 Å². The molecule has 6 aromatic rings. The van der Waals surface area contributed by atoms with E-state index >= 15 is 0 Å². The lowest BCUT2D eigenvalue weighted by Gasteiger charge is -2.15. The Hall–Kier alpha value is -7.08. The van der Waals surface area contributed by atoms with Gasteiger partial charge in [0.25, 0.3) is 17.1 Å². The van der Waals surface area contributed by atoms with E-state index in [2.05, 4.69) is 0 Å². The van der Waals surface area contributed by atoms with Crippen LogP contribution in [0, 0.1) is 37.3 Å². The Morgan fingerprint density at radius 1 is 0.400 bits per heavy atom. The third-order valence-corrected chi connectivity index (χ3v) is 7.75. The molecule has 6 aromatic carbocycles. The first-order valence-electron chi connectivity index (χ1n) is 15.1. The molecule has 12 heteroatoms. The number of nitro groups is 3. The maximum Gasteiger partial charge on any atom is 0.269 e. The number of ether oxygens (including phenoxy) is 3. The summed E-state index contributed by atoms with van der Waals surface area (Å²) in [6.45, 7) is 1.91. The van der Waals surface area contributed by atoms with Crippen LogP contribution >= 0.6 is 0 Å². The molecule has 0 N–H and O–H groups in total. The summed E-state index contributed by atoms with van der Waals surface area (Å²) in [6.07, 6.45) is 0. The zero-order valence-electron chi connectivity index (χ0n) is 26.6. The lowest BCUT2D eigenvalue weighted by molar-refractivity contribution is -0.385. The van der Waals surface area contributed by atoms with Gasteiger partial charge < -0.3 is 14.2 Å². The van der Waals surface area contributed by atoms with Crippen LogP contribution in [0.1, 0.15) is 5.56 Å². The van der Waals surface area contributed by atoms with E-state index in [1.807, 2.05) is 25.1 Å². The highest BCUT2D eigenvalue weighted by molar-refractivity contribution is 5.71. The highest BCUT2D eigenvalue weighted by Gasteiger charge is 2.14. The highest BCUT2D eigenvalue weighted by atomic mass is 16.6. The lowest BCUT2D eigenvalue weighted by Crippen LogP contribution is -1.93. The molecule has 0 aromatic heterocycles. The molecule has 0 bridgehead atoms. The van der Waals surface area contributed by atoms with Crippen molar-refractivity contribution in [2.24, 2.45) is 0 Å². The lowest BCUT2D eigenvalue weighted by atomic mass is 10.0. The number of methoxy groups -OCH3 is 1. The quantitative estimate of drug-likeness (QED) is 0.0966. The van der Waals surface area contributed by atoms with E-state index in [1.165, 1.54) is 43.5 Å². The standard InChI is InChI=1S/C38H27N3O9/c1-24-15-28(25-3-9-31(10-4-25)39(42)43)18-35(16-24)49-37-20-30(27-7-13-33(14-8-27)41(46)47)21-38(23-37)50-36-19-29(17-34(22-36)48-2)26-5-11-32(12-6-26)40(44)45/h3-23H,1-2H3. The van der Waals surface area contributed by atoms with Gasteiger partial charge in [0, 0.05) is 48.5 Å². The third-order valence-electron chi connectivity index (χ3n) is 7.75. The zero-order valence-corrected chi connectivity index (χ0v) is 26.6. The van der Waals surface area contributed by atoms with Gasteiger partial charge in [-0.1, -0.05) is 6.07 Å². The van der Waals surface area contributed by atoms with Crippen molar-refractivity contribution in [3.63, 3.8) is 0 Å². The fraction of sp³-hybridized carbons (Fsp3) is 0.0526. The number of non-ortho nitro benzene ring substituents is 3. The summed E-state index contributed by atoms with van der Waals surface area (Å²) >= 11 is 0. The molecule has 0 amide bonds. The normalized spacial score (nSPS) is 10.7. The van der Waals surface area contributed by atoms with Gasteiger partial charge in [-0.2, -0.15) is 0 Å². The summed E-state index contributed by atoms with van der Waals surface area (Å²) in [5.41, 5.74) is 5.14. The second kappa shape index (κ2) is 14.0. The van der Waals surface area contributed by atoms with Gasteiger partial charge in [0.05, 0.1) is 21.9 Å². The minimum absolute atomic E-state index is 0.00985. The molecule has 248 valence electrons. The Bertz CT molecular complexity index is 2240. The van der Waals surface area contributed by atoms with Gasteiger partial charge in [0.1, 0.15) is 28.7 Å². The second-order valence-corrected chi connectivity index (χ2v) is 11.2. The van der Waals surface area contributed by atoms with Gasteiger partial charge in [-0.15, -0.1) is 0 Å². The molecule has 0 spiro atoms. The van der Waals surface area contributed by atoms with Crippen LogP contribution in [0.25, 0.3) is 33.4 Å². The van der Waals surface area contributed by atoms with Gasteiger partial charge >= 0.3 is 0 Å². The summed E-state index contributed by atoms with van der Waals surface area (Å²) in [7, 11) is 1.52. The number of nitrogens with zero attached hydrogens (tertiary/aromatic N) is 3. The maximum absolute atomic E-state index is 11.3. The average molecular weight is 670 g/mol. The molecular weight excluding hydrogens is 642 g/mol. The van der Waals surface area contributed by atoms with Crippen molar-refractivity contribution in [2.45, 2.75) is 6.92 Å². The van der Waals surface area contributed by atoms with E-state index < -0.39 is 14.8 Å². The van der Waals surface area contributed by atoms with Crippen LogP contribution < -0.4 is 14.2 Å². The maximum atomic E-state index is 11.3. The summed E-state index contributed by atoms with van der Waals surface area (Å²) in [4.78, 5) is 32.2. The van der Waals surface area contributed by atoms with Gasteiger partial charge in [-0.25, -0.2) is 0 Å². The van der Waals surface area contributed by atoms with Gasteiger partial charge in [-0.3, -0.25) is 30.3 Å². The zero-order chi connectivity index (χ0) is 35.4. The molecule has 50 heavy (non-hydrogen) atoms. The highest BCUT2D eigenvalue weighted by Crippen LogP contribution is 2.38. The fourth-order valence-corrected chi connectivity index (χ4v) is 5.34. The monoisotopic (exact) mass is 669 g/mol. The number of rotatable bonds is 11. The molecule has 0 fully saturated rings. The summed E-state index contributed by atoms with van der Waals surface area (Å²) in [5, 5.41) is 33.6. The topological polar surface area (TPSA) is 157 Å². The number of hydrogen-bond donors (Lipinski definition) is 0. The van der Waals surface area contributed by atoms with Crippen molar-refractivity contribution in [3.05, 3.63) is 163 Å². The van der Waals surface area contributed by atoms with Gasteiger partial charge in [-0.05, 0) is 119 Å². The Labute approximate surface area is 285 Å². The molecule has 0 saturated heterocycles. The van der Waals surface area contributed by atoms with Crippen LogP contribution in [0.3, 0.4) is 0 Å². The first kappa shape index (κ1) is 32.8. The summed E-state index contributed by atoms with van der Waals surface area (Å²) in [6, 6.07) is 34.6. The number of nitro benzene ring substituents is 3. The largest absolute Gasteiger partial charge is 0.497 e. The van der Waals surface area contributed by atoms with Crippen molar-refractivity contribution in [1.82, 2.24) is 0 Å². The van der Waals surface area contributed by atoms with Crippen LogP contribution in [0.2, 0.25) is 0 Å². The van der Waals surface area contributed by atoms with Crippen LogP contribution in [0.15, 0.2) is 127 Å². The SMILES string of the molecule is COc1cc(Oc2cc(Oc3cc(C)cc(-c4ccc([N+](=O)[O-])cc4)c3)cc(-c3ccc([N+](=O)[O-])cc3)c2)cc(-c2ccc([N+](=O)[O-])cc2)c1. The van der Waals surface area contributed by atoms with E-state index in [4.69, 9.17) is 14.2 Å². The van der Waals surface area contributed by atoms with E-state index in [9.17, 15) is 30.3 Å². The van der Waals surface area contributed by atoms with Crippen LogP contribution in [0.4, 0.5) is 17.1 Å². The molecule has 12 nitrogen and oxygen atoms in total. The van der Waals surface area contributed by atoms with Crippen molar-refractivity contribution < 1.29 is 29.0 Å². The van der Waals surface area contributed by atoms with Crippen molar-refractivity contribution in [3.8, 4) is 62.1 Å². The van der Waals surface area contributed by atoms with Crippen molar-refractivity contribution in [2.75, 3.05) is 7.11 Å². The van der Waals surface area contributed by atoms with Crippen LogP contribution in [-0.2, 0) is 0 Å². The molecule has 0 saturated carbocycles. The second-order valence-electron chi connectivity index (χ2n) is 11.2. The summed E-state index contributed by atoms with van der Waals surface area (Å²) in [5.74, 6) is 2.22. The number of aryl methyl sites for hydroxylation is 1. The average Bonchev–Trinajstić information content (AvgIpc) is 3.11. The van der Waals surface area contributed by atoms with Crippen LogP contribution in [-0.4, -0.2) is 21.9 Å². The molecule has 6 rings (SSSR count). The Kier molecular flexibility index (Phi) is 9.17. The van der Waals surface area contributed by atoms with Gasteiger partial charge in [0.2, 0.25) is 0 Å². The van der Waals surface area contributed by atoms with E-state index in [-0.39, 0.29) is 17.1 Å². The molecule has 0 atom stereocenters. The first-order chi connectivity index (χ1) is 24.0. The molecule has 0 aliphatic heterocycles. The number of hydrogen-bond acceptors (Lipinski definition) is 9. The fourth-order valence-electron chi connectivity index (χ4n) is 5.34.